The van der Waals surface area contributed by atoms with Crippen molar-refractivity contribution in [3.05, 3.63) is 65.4 Å². The summed E-state index contributed by atoms with van der Waals surface area (Å²) in [6.07, 6.45) is 5.69. The second-order valence-electron chi connectivity index (χ2n) is 5.93. The Kier molecular flexibility index (Phi) is 3.33. The van der Waals surface area contributed by atoms with Crippen molar-refractivity contribution >= 4 is 16.8 Å². The Hall–Kier alpha value is -2.69. The smallest absolute Gasteiger partial charge is 0.253 e. The summed E-state index contributed by atoms with van der Waals surface area (Å²) in [6, 6.07) is 8.41. The first-order chi connectivity index (χ1) is 11.2. The van der Waals surface area contributed by atoms with Gasteiger partial charge in [-0.1, -0.05) is 0 Å². The van der Waals surface area contributed by atoms with E-state index in [0.29, 0.717) is 5.56 Å². The van der Waals surface area contributed by atoms with E-state index in [1.54, 1.807) is 24.5 Å². The lowest BCUT2D eigenvalue weighted by Gasteiger charge is -2.23. The molecular formula is C18H16FN3O. The topological polar surface area (TPSA) is 57.8 Å². The maximum absolute atomic E-state index is 13.4. The first-order valence-corrected chi connectivity index (χ1v) is 7.70. The van der Waals surface area contributed by atoms with E-state index in [0.717, 1.165) is 35.9 Å². The van der Waals surface area contributed by atoms with Crippen molar-refractivity contribution < 1.29 is 9.18 Å². The first-order valence-electron chi connectivity index (χ1n) is 7.70. The van der Waals surface area contributed by atoms with Gasteiger partial charge in [-0.15, -0.1) is 0 Å². The van der Waals surface area contributed by atoms with Gasteiger partial charge in [-0.25, -0.2) is 4.39 Å². The van der Waals surface area contributed by atoms with Crippen LogP contribution in [0.3, 0.4) is 0 Å². The summed E-state index contributed by atoms with van der Waals surface area (Å²) in [5.74, 6) is -0.338. The van der Waals surface area contributed by atoms with Gasteiger partial charge in [0.25, 0.3) is 5.91 Å². The van der Waals surface area contributed by atoms with Crippen LogP contribution < -0.4 is 5.32 Å². The van der Waals surface area contributed by atoms with Crippen molar-refractivity contribution in [2.75, 3.05) is 0 Å². The van der Waals surface area contributed by atoms with Crippen molar-refractivity contribution in [3.63, 3.8) is 0 Å². The number of benzene rings is 1. The van der Waals surface area contributed by atoms with Crippen molar-refractivity contribution in [3.8, 4) is 0 Å². The Bertz CT molecular complexity index is 873. The second-order valence-corrected chi connectivity index (χ2v) is 5.93. The minimum atomic E-state index is -0.238. The van der Waals surface area contributed by atoms with Gasteiger partial charge < -0.3 is 10.3 Å². The molecule has 2 aromatic heterocycles. The molecule has 1 aromatic carbocycles. The average Bonchev–Trinajstić information content (AvgIpc) is 2.92. The predicted octanol–water partition coefficient (Wildman–Crippen LogP) is 2.99. The zero-order valence-electron chi connectivity index (χ0n) is 12.5. The molecular weight excluding hydrogens is 293 g/mol. The number of aromatic nitrogens is 2. The highest BCUT2D eigenvalue weighted by Crippen LogP contribution is 2.29. The van der Waals surface area contributed by atoms with Crippen LogP contribution in [-0.4, -0.2) is 21.9 Å². The third-order valence-electron chi connectivity index (χ3n) is 4.41. The van der Waals surface area contributed by atoms with Crippen LogP contribution in [0.2, 0.25) is 0 Å². The number of halogens is 1. The second kappa shape index (κ2) is 5.50. The number of amides is 1. The molecule has 1 aliphatic rings. The summed E-state index contributed by atoms with van der Waals surface area (Å²) in [4.78, 5) is 19.5. The molecule has 1 aliphatic carbocycles. The molecule has 2 N–H and O–H groups in total. The van der Waals surface area contributed by atoms with E-state index in [1.165, 1.54) is 17.7 Å². The van der Waals surface area contributed by atoms with Crippen molar-refractivity contribution in [1.82, 2.24) is 15.3 Å². The van der Waals surface area contributed by atoms with E-state index in [2.05, 4.69) is 15.3 Å². The number of aryl methyl sites for hydroxylation is 1. The van der Waals surface area contributed by atoms with E-state index in [4.69, 9.17) is 0 Å². The van der Waals surface area contributed by atoms with E-state index < -0.39 is 0 Å². The van der Waals surface area contributed by atoms with E-state index in [1.807, 2.05) is 6.07 Å². The Morgan fingerprint density at radius 1 is 1.35 bits per heavy atom. The van der Waals surface area contributed by atoms with Crippen LogP contribution in [0.5, 0.6) is 0 Å². The first kappa shape index (κ1) is 13.9. The van der Waals surface area contributed by atoms with Gasteiger partial charge in [-0.3, -0.25) is 9.78 Å². The minimum Gasteiger partial charge on any atom is -0.358 e. The molecule has 23 heavy (non-hydrogen) atoms. The van der Waals surface area contributed by atoms with Crippen LogP contribution in [0.15, 0.2) is 42.7 Å². The molecule has 0 aliphatic heterocycles. The zero-order valence-corrected chi connectivity index (χ0v) is 12.5. The summed E-state index contributed by atoms with van der Waals surface area (Å²) in [5.41, 5.74) is 3.73. The molecule has 0 radical (unpaired) electrons. The molecule has 0 fully saturated rings. The number of nitrogens with one attached hydrogen (secondary N) is 2. The number of aromatic amines is 1. The largest absolute Gasteiger partial charge is 0.358 e. The molecule has 4 rings (SSSR count). The van der Waals surface area contributed by atoms with Crippen LogP contribution in [0.25, 0.3) is 10.9 Å². The summed E-state index contributed by atoms with van der Waals surface area (Å²) in [6.45, 7) is 0. The van der Waals surface area contributed by atoms with Crippen LogP contribution in [-0.2, 0) is 12.8 Å². The number of hydrogen-bond acceptors (Lipinski definition) is 2. The number of H-pyrrole nitrogens is 1. The van der Waals surface area contributed by atoms with Crippen LogP contribution in [0, 0.1) is 5.82 Å². The van der Waals surface area contributed by atoms with Gasteiger partial charge in [-0.05, 0) is 55.2 Å². The fourth-order valence-electron chi connectivity index (χ4n) is 3.29. The lowest BCUT2D eigenvalue weighted by atomic mass is 9.91. The Balaban J connectivity index is 1.57. The van der Waals surface area contributed by atoms with Crippen LogP contribution in [0.1, 0.15) is 28.0 Å². The van der Waals surface area contributed by atoms with Gasteiger partial charge in [0.15, 0.2) is 0 Å². The van der Waals surface area contributed by atoms with E-state index in [9.17, 15) is 9.18 Å². The summed E-state index contributed by atoms with van der Waals surface area (Å²) < 4.78 is 13.4. The average molecular weight is 309 g/mol. The maximum Gasteiger partial charge on any atom is 0.253 e. The molecule has 0 saturated heterocycles. The van der Waals surface area contributed by atoms with Gasteiger partial charge >= 0.3 is 0 Å². The lowest BCUT2D eigenvalue weighted by molar-refractivity contribution is 0.0933. The highest BCUT2D eigenvalue weighted by molar-refractivity contribution is 5.94. The summed E-state index contributed by atoms with van der Waals surface area (Å²) in [5, 5.41) is 4.12. The Morgan fingerprint density at radius 3 is 3.09 bits per heavy atom. The highest BCUT2D eigenvalue weighted by atomic mass is 19.1. The molecule has 0 spiro atoms. The number of carbonyl (C=O) groups excluding carboxylic acids is 1. The number of fused-ring (bicyclic) bond motifs is 3. The molecule has 1 atom stereocenters. The number of hydrogen-bond donors (Lipinski definition) is 2. The minimum absolute atomic E-state index is 0.0826. The maximum atomic E-state index is 13.4. The lowest BCUT2D eigenvalue weighted by Crippen LogP contribution is -2.38. The summed E-state index contributed by atoms with van der Waals surface area (Å²) in [7, 11) is 0. The zero-order chi connectivity index (χ0) is 15.8. The summed E-state index contributed by atoms with van der Waals surface area (Å²) >= 11 is 0. The SMILES string of the molecule is O=C(NC1CCc2[nH]c3cc(F)ccc3c2C1)c1cccnc1. The standard InChI is InChI=1S/C18H16FN3O/c19-12-3-5-14-15-9-13(4-6-16(15)22-17(14)8-12)21-18(23)11-2-1-7-20-10-11/h1-3,5,7-8,10,13,22H,4,6,9H2,(H,21,23). The van der Waals surface area contributed by atoms with Crippen LogP contribution in [0.4, 0.5) is 4.39 Å². The van der Waals surface area contributed by atoms with Gasteiger partial charge in [0.1, 0.15) is 5.82 Å². The van der Waals surface area contributed by atoms with Gasteiger partial charge in [0.05, 0.1) is 5.56 Å². The van der Waals surface area contributed by atoms with E-state index in [-0.39, 0.29) is 17.8 Å². The Morgan fingerprint density at radius 2 is 2.26 bits per heavy atom. The van der Waals surface area contributed by atoms with Gasteiger partial charge in [0, 0.05) is 35.0 Å². The normalized spacial score (nSPS) is 17.0. The number of carbonyl (C=O) groups is 1. The third-order valence-corrected chi connectivity index (χ3v) is 4.41. The Labute approximate surface area is 132 Å². The molecule has 1 amide bonds. The quantitative estimate of drug-likeness (QED) is 0.764. The molecule has 1 unspecified atom stereocenters. The van der Waals surface area contributed by atoms with Gasteiger partial charge in [0.2, 0.25) is 0 Å². The van der Waals surface area contributed by atoms with Crippen molar-refractivity contribution in [2.45, 2.75) is 25.3 Å². The molecule has 0 bridgehead atoms. The monoisotopic (exact) mass is 309 g/mol. The van der Waals surface area contributed by atoms with E-state index >= 15 is 0 Å². The fraction of sp³-hybridized carbons (Fsp3) is 0.222. The molecule has 2 heterocycles. The van der Waals surface area contributed by atoms with Gasteiger partial charge in [-0.2, -0.15) is 0 Å². The van der Waals surface area contributed by atoms with Crippen LogP contribution >= 0.6 is 0 Å². The number of pyridine rings is 1. The van der Waals surface area contributed by atoms with Crippen molar-refractivity contribution in [1.29, 1.82) is 0 Å². The molecule has 5 heteroatoms. The molecule has 3 aromatic rings. The van der Waals surface area contributed by atoms with Crippen molar-refractivity contribution in [2.24, 2.45) is 0 Å². The molecule has 116 valence electrons. The molecule has 4 nitrogen and oxygen atoms in total. The third kappa shape index (κ3) is 2.59. The number of rotatable bonds is 2. The number of nitrogens with zero attached hydrogens (tertiary/aromatic N) is 1. The molecule has 0 saturated carbocycles. The highest BCUT2D eigenvalue weighted by Gasteiger charge is 2.24. The fourth-order valence-corrected chi connectivity index (χ4v) is 3.29. The predicted molar refractivity (Wildman–Crippen MR) is 85.8 cm³/mol.